The maximum absolute atomic E-state index is 4.58. The predicted octanol–water partition coefficient (Wildman–Crippen LogP) is 2.68. The van der Waals surface area contributed by atoms with E-state index in [4.69, 9.17) is 0 Å². The molecule has 0 radical (unpaired) electrons. The molecule has 2 rings (SSSR count). The number of pyridine rings is 1. The summed E-state index contributed by atoms with van der Waals surface area (Å²) >= 11 is 1.79. The van der Waals surface area contributed by atoms with Crippen molar-refractivity contribution in [2.45, 2.75) is 26.3 Å². The number of amidine groups is 1. The number of thioether (sulfide) groups is 1. The number of nitrogens with one attached hydrogen (secondary N) is 1. The summed E-state index contributed by atoms with van der Waals surface area (Å²) in [5.74, 6) is 1.10. The Hall–Kier alpha value is -1.03. The highest BCUT2D eigenvalue weighted by atomic mass is 32.2. The van der Waals surface area contributed by atoms with Crippen LogP contribution in [0.1, 0.15) is 18.9 Å². The van der Waals surface area contributed by atoms with Crippen LogP contribution >= 0.6 is 11.8 Å². The van der Waals surface area contributed by atoms with Gasteiger partial charge < -0.3 is 5.32 Å². The highest BCUT2D eigenvalue weighted by molar-refractivity contribution is 8.14. The molecule has 1 atom stereocenters. The molecule has 1 N–H and O–H groups in total. The third-order valence-electron chi connectivity index (χ3n) is 2.46. The fraction of sp³-hybridized carbons (Fsp3) is 0.455. The molecule has 1 aliphatic heterocycles. The summed E-state index contributed by atoms with van der Waals surface area (Å²) in [4.78, 5) is 8.68. The Morgan fingerprint density at radius 1 is 1.60 bits per heavy atom. The van der Waals surface area contributed by atoms with Crippen LogP contribution in [0.5, 0.6) is 0 Å². The van der Waals surface area contributed by atoms with Gasteiger partial charge in [0.15, 0.2) is 5.17 Å². The van der Waals surface area contributed by atoms with Gasteiger partial charge >= 0.3 is 0 Å². The Morgan fingerprint density at radius 2 is 2.47 bits per heavy atom. The maximum atomic E-state index is 4.58. The Labute approximate surface area is 94.4 Å². The average Bonchev–Trinajstić information content (AvgIpc) is 2.69. The van der Waals surface area contributed by atoms with Crippen LogP contribution in [0.25, 0.3) is 0 Å². The van der Waals surface area contributed by atoms with Crippen molar-refractivity contribution in [3.8, 4) is 0 Å². The molecule has 1 aliphatic rings. The minimum Gasteiger partial charge on any atom is -0.333 e. The van der Waals surface area contributed by atoms with Crippen LogP contribution in [-0.2, 0) is 0 Å². The van der Waals surface area contributed by atoms with Gasteiger partial charge in [-0.15, -0.1) is 0 Å². The van der Waals surface area contributed by atoms with Crippen molar-refractivity contribution in [3.63, 3.8) is 0 Å². The van der Waals surface area contributed by atoms with Crippen molar-refractivity contribution >= 4 is 22.6 Å². The zero-order valence-corrected chi connectivity index (χ0v) is 9.84. The molecule has 1 aromatic rings. The van der Waals surface area contributed by atoms with Gasteiger partial charge in [-0.1, -0.05) is 18.7 Å². The standard InChI is InChI=1S/C11H15N3S/c1-3-9-7-15-11(13-9)14-10-6-12-5-4-8(10)2/h4-6,9H,3,7H2,1-2H3,(H,13,14). The summed E-state index contributed by atoms with van der Waals surface area (Å²) in [6, 6.07) is 2.48. The fourth-order valence-electron chi connectivity index (χ4n) is 1.40. The molecule has 1 unspecified atom stereocenters. The molecule has 0 fully saturated rings. The van der Waals surface area contributed by atoms with Gasteiger partial charge in [-0.05, 0) is 25.0 Å². The van der Waals surface area contributed by atoms with E-state index < -0.39 is 0 Å². The summed E-state index contributed by atoms with van der Waals surface area (Å²) in [7, 11) is 0. The van der Waals surface area contributed by atoms with E-state index in [0.717, 1.165) is 23.0 Å². The average molecular weight is 221 g/mol. The molecule has 0 aliphatic carbocycles. The molecule has 80 valence electrons. The van der Waals surface area contributed by atoms with E-state index in [2.05, 4.69) is 29.1 Å². The number of hydrogen-bond donors (Lipinski definition) is 1. The first-order chi connectivity index (χ1) is 7.29. The Kier molecular flexibility index (Phi) is 3.26. The van der Waals surface area contributed by atoms with E-state index in [0.29, 0.717) is 6.04 Å². The topological polar surface area (TPSA) is 37.3 Å². The lowest BCUT2D eigenvalue weighted by molar-refractivity contribution is 0.738. The van der Waals surface area contributed by atoms with Crippen LogP contribution in [0, 0.1) is 6.92 Å². The van der Waals surface area contributed by atoms with E-state index in [1.54, 1.807) is 18.0 Å². The first kappa shape index (κ1) is 10.5. The first-order valence-corrected chi connectivity index (χ1v) is 6.16. The van der Waals surface area contributed by atoms with Crippen LogP contribution in [0.3, 0.4) is 0 Å². The normalized spacial score (nSPS) is 20.1. The lowest BCUT2D eigenvalue weighted by Crippen LogP contribution is -2.06. The largest absolute Gasteiger partial charge is 0.333 e. The van der Waals surface area contributed by atoms with Crippen molar-refractivity contribution in [2.75, 3.05) is 11.1 Å². The lowest BCUT2D eigenvalue weighted by Gasteiger charge is -2.06. The van der Waals surface area contributed by atoms with E-state index >= 15 is 0 Å². The minimum absolute atomic E-state index is 0.481. The SMILES string of the molecule is CCC1CSC(Nc2cnccc2C)=N1. The number of aromatic nitrogens is 1. The monoisotopic (exact) mass is 221 g/mol. The molecule has 4 heteroatoms. The van der Waals surface area contributed by atoms with Gasteiger partial charge in [0, 0.05) is 11.9 Å². The second-order valence-electron chi connectivity index (χ2n) is 3.62. The maximum Gasteiger partial charge on any atom is 0.161 e. The number of aryl methyl sites for hydroxylation is 1. The molecule has 0 bridgehead atoms. The second-order valence-corrected chi connectivity index (χ2v) is 4.63. The van der Waals surface area contributed by atoms with Gasteiger partial charge in [-0.2, -0.15) is 0 Å². The van der Waals surface area contributed by atoms with Crippen molar-refractivity contribution in [2.24, 2.45) is 4.99 Å². The van der Waals surface area contributed by atoms with Crippen LogP contribution in [0.2, 0.25) is 0 Å². The summed E-state index contributed by atoms with van der Waals surface area (Å²) in [5.41, 5.74) is 2.26. The molecule has 0 spiro atoms. The molecule has 3 nitrogen and oxygen atoms in total. The van der Waals surface area contributed by atoms with Gasteiger partial charge in [0.2, 0.25) is 0 Å². The predicted molar refractivity (Wildman–Crippen MR) is 66.6 cm³/mol. The molecule has 0 saturated heterocycles. The quantitative estimate of drug-likeness (QED) is 0.834. The van der Waals surface area contributed by atoms with E-state index in [9.17, 15) is 0 Å². The van der Waals surface area contributed by atoms with E-state index in [1.807, 2.05) is 12.3 Å². The molecule has 1 aromatic heterocycles. The number of nitrogens with zero attached hydrogens (tertiary/aromatic N) is 2. The van der Waals surface area contributed by atoms with E-state index in [1.165, 1.54) is 5.56 Å². The smallest absolute Gasteiger partial charge is 0.161 e. The molecular formula is C11H15N3S. The van der Waals surface area contributed by atoms with Gasteiger partial charge in [0.25, 0.3) is 0 Å². The van der Waals surface area contributed by atoms with Gasteiger partial charge in [0.05, 0.1) is 17.9 Å². The first-order valence-electron chi connectivity index (χ1n) is 5.18. The molecule has 0 amide bonds. The van der Waals surface area contributed by atoms with E-state index in [-0.39, 0.29) is 0 Å². The molecule has 0 saturated carbocycles. The van der Waals surface area contributed by atoms with Gasteiger partial charge in [0.1, 0.15) is 0 Å². The highest BCUT2D eigenvalue weighted by Gasteiger charge is 2.16. The minimum atomic E-state index is 0.481. The summed E-state index contributed by atoms with van der Waals surface area (Å²) < 4.78 is 0. The summed E-state index contributed by atoms with van der Waals surface area (Å²) in [5, 5.41) is 4.35. The van der Waals surface area contributed by atoms with Crippen molar-refractivity contribution in [1.82, 2.24) is 4.98 Å². The second kappa shape index (κ2) is 4.66. The lowest BCUT2D eigenvalue weighted by atomic mass is 10.2. The highest BCUT2D eigenvalue weighted by Crippen LogP contribution is 2.22. The van der Waals surface area contributed by atoms with Crippen LogP contribution in [0.4, 0.5) is 5.69 Å². The summed E-state index contributed by atoms with van der Waals surface area (Å²) in [6.45, 7) is 4.24. The third kappa shape index (κ3) is 2.50. The molecule has 2 heterocycles. The Balaban J connectivity index is 2.07. The van der Waals surface area contributed by atoms with Crippen molar-refractivity contribution in [1.29, 1.82) is 0 Å². The molecular weight excluding hydrogens is 206 g/mol. The number of aliphatic imine (C=N–C) groups is 1. The Bertz CT molecular complexity index is 376. The summed E-state index contributed by atoms with van der Waals surface area (Å²) in [6.07, 6.45) is 4.76. The number of hydrogen-bond acceptors (Lipinski definition) is 4. The van der Waals surface area contributed by atoms with Crippen LogP contribution < -0.4 is 5.32 Å². The van der Waals surface area contributed by atoms with Gasteiger partial charge in [-0.3, -0.25) is 9.98 Å². The molecule has 0 aromatic carbocycles. The fourth-order valence-corrected chi connectivity index (χ4v) is 2.47. The zero-order valence-electron chi connectivity index (χ0n) is 9.03. The van der Waals surface area contributed by atoms with Crippen molar-refractivity contribution < 1.29 is 0 Å². The van der Waals surface area contributed by atoms with Crippen molar-refractivity contribution in [3.05, 3.63) is 24.0 Å². The Morgan fingerprint density at radius 3 is 3.13 bits per heavy atom. The zero-order chi connectivity index (χ0) is 10.7. The number of rotatable bonds is 2. The van der Waals surface area contributed by atoms with Crippen LogP contribution in [-0.4, -0.2) is 21.9 Å². The molecule has 15 heavy (non-hydrogen) atoms. The number of anilines is 1. The van der Waals surface area contributed by atoms with Crippen LogP contribution in [0.15, 0.2) is 23.5 Å². The third-order valence-corrected chi connectivity index (χ3v) is 3.50. The van der Waals surface area contributed by atoms with Gasteiger partial charge in [-0.25, -0.2) is 0 Å².